The van der Waals surface area contributed by atoms with Crippen LogP contribution >= 0.6 is 11.3 Å². The number of rotatable bonds is 5. The zero-order valence-electron chi connectivity index (χ0n) is 26.0. The summed E-state index contributed by atoms with van der Waals surface area (Å²) in [7, 11) is 0. The molecule has 0 amide bonds. The van der Waals surface area contributed by atoms with Crippen LogP contribution in [-0.4, -0.2) is 62.6 Å². The third-order valence-electron chi connectivity index (χ3n) is 9.85. The Hall–Kier alpha value is -4.62. The van der Waals surface area contributed by atoms with Crippen molar-refractivity contribution in [1.82, 2.24) is 24.6 Å². The van der Waals surface area contributed by atoms with E-state index in [0.29, 0.717) is 37.4 Å². The number of halogens is 6. The van der Waals surface area contributed by atoms with E-state index in [1.807, 2.05) is 24.0 Å². The van der Waals surface area contributed by atoms with E-state index >= 15 is 4.39 Å². The molecule has 0 saturated carbocycles. The molecule has 2 saturated heterocycles. The molecule has 2 aromatic carbocycles. The van der Waals surface area contributed by atoms with Gasteiger partial charge in [0.2, 0.25) is 0 Å². The van der Waals surface area contributed by atoms with Crippen molar-refractivity contribution in [2.24, 2.45) is 0 Å². The third-order valence-corrected chi connectivity index (χ3v) is 10.9. The molecule has 5 aromatic rings. The number of nitrogens with two attached hydrogens (primary N) is 1. The summed E-state index contributed by atoms with van der Waals surface area (Å²) in [5.74, 6) is -2.13. The van der Waals surface area contributed by atoms with Crippen LogP contribution in [0.2, 0.25) is 0 Å². The van der Waals surface area contributed by atoms with Gasteiger partial charge >= 0.3 is 12.2 Å². The second-order valence-corrected chi connectivity index (χ2v) is 13.9. The first-order chi connectivity index (χ1) is 23.4. The number of nitrogens with zero attached hydrogens (tertiary/aromatic N) is 7. The fourth-order valence-electron chi connectivity index (χ4n) is 7.73. The van der Waals surface area contributed by atoms with Gasteiger partial charge in [-0.15, -0.1) is 11.3 Å². The molecule has 3 aromatic heterocycles. The first-order valence-corrected chi connectivity index (χ1v) is 16.5. The molecular weight excluding hydrogens is 670 g/mol. The molecule has 49 heavy (non-hydrogen) atoms. The molecule has 3 aliphatic rings. The monoisotopic (exact) mass is 698 g/mol. The van der Waals surface area contributed by atoms with E-state index in [0.717, 1.165) is 36.0 Å². The highest BCUT2D eigenvalue weighted by molar-refractivity contribution is 7.23. The molecule has 2 N–H and O–H groups in total. The van der Waals surface area contributed by atoms with Gasteiger partial charge in [-0.25, -0.2) is 13.2 Å². The predicted molar refractivity (Wildman–Crippen MR) is 171 cm³/mol. The lowest BCUT2D eigenvalue weighted by molar-refractivity contribution is -0.137. The molecule has 0 bridgehead atoms. The molecule has 2 fully saturated rings. The Morgan fingerprint density at radius 1 is 1.16 bits per heavy atom. The van der Waals surface area contributed by atoms with E-state index in [-0.39, 0.29) is 69.5 Å². The van der Waals surface area contributed by atoms with Gasteiger partial charge in [-0.05, 0) is 50.1 Å². The Balaban J connectivity index is 1.35. The number of hydrogen-bond acceptors (Lipinski definition) is 9. The van der Waals surface area contributed by atoms with Gasteiger partial charge in [-0.3, -0.25) is 9.58 Å². The molecule has 6 heterocycles. The van der Waals surface area contributed by atoms with Crippen molar-refractivity contribution in [2.45, 2.75) is 57.2 Å². The molecule has 0 aliphatic carbocycles. The highest BCUT2D eigenvalue weighted by Gasteiger charge is 2.49. The molecule has 16 heteroatoms. The normalized spacial score (nSPS) is 21.0. The fourth-order valence-corrected chi connectivity index (χ4v) is 8.68. The number of nitrogen functional groups attached to an aromatic ring is 1. The number of nitriles is 1. The maximum absolute atomic E-state index is 17.1. The fraction of sp³-hybridized carbons (Fsp3) is 0.394. The second kappa shape index (κ2) is 11.2. The average molecular weight is 699 g/mol. The molecule has 2 unspecified atom stereocenters. The van der Waals surface area contributed by atoms with Crippen molar-refractivity contribution in [1.29, 1.82) is 5.26 Å². The Morgan fingerprint density at radius 3 is 2.76 bits per heavy atom. The van der Waals surface area contributed by atoms with Crippen molar-refractivity contribution >= 4 is 43.1 Å². The largest absolute Gasteiger partial charge is 0.461 e. The van der Waals surface area contributed by atoms with Crippen LogP contribution in [-0.2, 0) is 19.3 Å². The first-order valence-electron chi connectivity index (χ1n) is 15.7. The SMILES string of the molecule is Cc1cc2n(n1)CCN(c1nc(OCC34CCCN3CC(F)C4)nc3c(F)c(-c4ccc(F)c5sc(N)c(C#N)c45)c(C(F)(F)F)cc13)C2. The highest BCUT2D eigenvalue weighted by Crippen LogP contribution is 2.48. The minimum atomic E-state index is -5.08. The van der Waals surface area contributed by atoms with Gasteiger partial charge in [0.25, 0.3) is 0 Å². The van der Waals surface area contributed by atoms with Gasteiger partial charge in [-0.1, -0.05) is 6.07 Å². The Bertz CT molecular complexity index is 2210. The van der Waals surface area contributed by atoms with E-state index in [1.54, 1.807) is 9.58 Å². The van der Waals surface area contributed by atoms with Gasteiger partial charge in [0.1, 0.15) is 41.0 Å². The van der Waals surface area contributed by atoms with Gasteiger partial charge in [-0.2, -0.15) is 33.5 Å². The van der Waals surface area contributed by atoms with Crippen LogP contribution in [0.1, 0.15) is 41.8 Å². The summed E-state index contributed by atoms with van der Waals surface area (Å²) in [4.78, 5) is 12.6. The van der Waals surface area contributed by atoms with Crippen LogP contribution in [0, 0.1) is 29.9 Å². The molecule has 8 rings (SSSR count). The number of alkyl halides is 4. The quantitative estimate of drug-likeness (QED) is 0.201. The zero-order valence-corrected chi connectivity index (χ0v) is 26.9. The minimum Gasteiger partial charge on any atom is -0.461 e. The van der Waals surface area contributed by atoms with Crippen LogP contribution in [0.4, 0.5) is 37.2 Å². The number of hydrogen-bond donors (Lipinski definition) is 1. The molecule has 254 valence electrons. The number of anilines is 2. The summed E-state index contributed by atoms with van der Waals surface area (Å²) in [6.45, 7) is 3.74. The molecule has 9 nitrogen and oxygen atoms in total. The summed E-state index contributed by atoms with van der Waals surface area (Å²) in [5, 5.41) is 13.7. The predicted octanol–water partition coefficient (Wildman–Crippen LogP) is 6.74. The van der Waals surface area contributed by atoms with Crippen LogP contribution in [0.25, 0.3) is 32.1 Å². The topological polar surface area (TPSA) is 109 Å². The zero-order chi connectivity index (χ0) is 34.4. The number of fused-ring (bicyclic) bond motifs is 4. The van der Waals surface area contributed by atoms with Crippen LogP contribution in [0.3, 0.4) is 0 Å². The van der Waals surface area contributed by atoms with Crippen molar-refractivity contribution in [3.8, 4) is 23.2 Å². The number of aryl methyl sites for hydroxylation is 1. The number of aromatic nitrogens is 4. The number of benzene rings is 2. The van der Waals surface area contributed by atoms with Crippen molar-refractivity contribution in [2.75, 3.05) is 36.9 Å². The van der Waals surface area contributed by atoms with Gasteiger partial charge in [0, 0.05) is 35.8 Å². The second-order valence-electron chi connectivity index (χ2n) is 12.9. The molecule has 3 aliphatic heterocycles. The van der Waals surface area contributed by atoms with Crippen LogP contribution in [0.5, 0.6) is 6.01 Å². The summed E-state index contributed by atoms with van der Waals surface area (Å²) in [6.07, 6.45) is -4.33. The van der Waals surface area contributed by atoms with Crippen molar-refractivity contribution in [3.05, 3.63) is 58.4 Å². The van der Waals surface area contributed by atoms with Crippen molar-refractivity contribution < 1.29 is 31.1 Å². The Labute approximate surface area is 279 Å². The number of ether oxygens (including phenoxy) is 1. The van der Waals surface area contributed by atoms with E-state index < -0.39 is 46.2 Å². The van der Waals surface area contributed by atoms with Gasteiger partial charge in [0.05, 0.1) is 45.8 Å². The van der Waals surface area contributed by atoms with Crippen molar-refractivity contribution in [3.63, 3.8) is 0 Å². The van der Waals surface area contributed by atoms with Crippen LogP contribution in [0.15, 0.2) is 24.3 Å². The molecule has 2 atom stereocenters. The van der Waals surface area contributed by atoms with Gasteiger partial charge < -0.3 is 15.4 Å². The highest BCUT2D eigenvalue weighted by atomic mass is 32.1. The lowest BCUT2D eigenvalue weighted by atomic mass is 9.92. The van der Waals surface area contributed by atoms with E-state index in [9.17, 15) is 27.2 Å². The smallest absolute Gasteiger partial charge is 0.417 e. The van der Waals surface area contributed by atoms with E-state index in [4.69, 9.17) is 10.5 Å². The Morgan fingerprint density at radius 2 is 1.98 bits per heavy atom. The standard InChI is InChI=1S/C33H28F6N8OS/c1-16-9-18-14-45(7-8-47(18)44-16)30-20-10-22(33(37,38)39)25(19-3-4-23(35)28-24(19)21(12-40)29(41)49-28)26(36)27(20)42-31(43-30)48-15-32-5-2-6-46(32)13-17(34)11-32/h3-4,9-10,17H,2,5-8,11,13-15,41H2,1H3. The molecule has 0 spiro atoms. The Kier molecular flexibility index (Phi) is 7.24. The van der Waals surface area contributed by atoms with E-state index in [1.165, 1.54) is 0 Å². The molecule has 0 radical (unpaired) electrons. The molecular formula is C33H28F6N8OS. The summed E-state index contributed by atoms with van der Waals surface area (Å²) < 4.78 is 99.1. The average Bonchev–Trinajstić information content (AvgIpc) is 3.79. The van der Waals surface area contributed by atoms with E-state index in [2.05, 4.69) is 15.1 Å². The summed E-state index contributed by atoms with van der Waals surface area (Å²) in [6, 6.07) is 6.14. The third kappa shape index (κ3) is 5.04. The van der Waals surface area contributed by atoms with Crippen LogP contribution < -0.4 is 15.4 Å². The first kappa shape index (κ1) is 31.6. The number of thiophene rings is 1. The lowest BCUT2D eigenvalue weighted by Crippen LogP contribution is -2.43. The maximum Gasteiger partial charge on any atom is 0.417 e. The lowest BCUT2D eigenvalue weighted by Gasteiger charge is -2.32. The minimum absolute atomic E-state index is 0.0116. The van der Waals surface area contributed by atoms with Gasteiger partial charge in [0.15, 0.2) is 5.82 Å². The summed E-state index contributed by atoms with van der Waals surface area (Å²) >= 11 is 0.694. The maximum atomic E-state index is 17.1. The summed E-state index contributed by atoms with van der Waals surface area (Å²) in [5.41, 5.74) is 3.61.